The second-order valence-corrected chi connectivity index (χ2v) is 4.64. The predicted molar refractivity (Wildman–Crippen MR) is 75.7 cm³/mol. The molecule has 1 aromatic carbocycles. The number of nitrogens with two attached hydrogens (primary N) is 1. The van der Waals surface area contributed by atoms with Crippen molar-refractivity contribution in [1.29, 1.82) is 0 Å². The number of aromatic amines is 1. The molecule has 4 N–H and O–H groups in total. The maximum Gasteiger partial charge on any atom is 0.173 e. The molecule has 0 saturated heterocycles. The van der Waals surface area contributed by atoms with Crippen molar-refractivity contribution < 1.29 is 0 Å². The van der Waals surface area contributed by atoms with Crippen molar-refractivity contribution in [2.24, 2.45) is 0 Å². The Morgan fingerprint density at radius 3 is 3.00 bits per heavy atom. The molecule has 0 fully saturated rings. The van der Waals surface area contributed by atoms with Gasteiger partial charge in [-0.2, -0.15) is 0 Å². The number of nitrogens with zero attached hydrogens (tertiary/aromatic N) is 2. The largest absolute Gasteiger partial charge is 0.381 e. The molecule has 0 saturated carbocycles. The van der Waals surface area contributed by atoms with Gasteiger partial charge in [-0.1, -0.05) is 0 Å². The molecule has 0 aliphatic rings. The number of fused-ring (bicyclic) bond motifs is 1. The van der Waals surface area contributed by atoms with Gasteiger partial charge in [-0.15, -0.1) is 0 Å². The average molecular weight is 304 g/mol. The minimum Gasteiger partial charge on any atom is -0.381 e. The van der Waals surface area contributed by atoms with Gasteiger partial charge in [-0.3, -0.25) is 0 Å². The summed E-state index contributed by atoms with van der Waals surface area (Å²) in [5.41, 5.74) is 7.80. The number of aromatic nitrogens is 3. The number of hydrogen-bond acceptors (Lipinski definition) is 4. The first kappa shape index (κ1) is 11.0. The average Bonchev–Trinajstić information content (AvgIpc) is 2.80. The molecule has 0 atom stereocenters. The molecule has 0 radical (unpaired) electrons. The van der Waals surface area contributed by atoms with E-state index in [9.17, 15) is 0 Å². The van der Waals surface area contributed by atoms with E-state index in [4.69, 9.17) is 5.73 Å². The van der Waals surface area contributed by atoms with Crippen LogP contribution in [0.4, 0.5) is 17.3 Å². The summed E-state index contributed by atoms with van der Waals surface area (Å²) in [6, 6.07) is 7.99. The van der Waals surface area contributed by atoms with Gasteiger partial charge in [0.1, 0.15) is 4.60 Å². The van der Waals surface area contributed by atoms with Crippen LogP contribution < -0.4 is 11.1 Å². The second-order valence-electron chi connectivity index (χ2n) is 3.83. The number of halogens is 1. The molecule has 0 spiro atoms. The number of benzene rings is 1. The van der Waals surface area contributed by atoms with Crippen LogP contribution in [0.25, 0.3) is 10.9 Å². The van der Waals surface area contributed by atoms with E-state index in [2.05, 4.69) is 36.2 Å². The van der Waals surface area contributed by atoms with Gasteiger partial charge in [0.25, 0.3) is 0 Å². The molecule has 3 aromatic rings. The Balaban J connectivity index is 1.95. The third-order valence-corrected chi connectivity index (χ3v) is 2.97. The first-order valence-corrected chi connectivity index (χ1v) is 6.14. The highest BCUT2D eigenvalue weighted by atomic mass is 79.9. The zero-order valence-electron chi connectivity index (χ0n) is 9.31. The normalized spacial score (nSPS) is 10.7. The molecule has 6 heteroatoms. The van der Waals surface area contributed by atoms with E-state index in [1.165, 1.54) is 0 Å². The van der Waals surface area contributed by atoms with E-state index in [1.54, 1.807) is 6.20 Å². The number of rotatable bonds is 2. The molecular formula is C12H10BrN5. The van der Waals surface area contributed by atoms with Crippen molar-refractivity contribution in [3.05, 3.63) is 41.3 Å². The van der Waals surface area contributed by atoms with Gasteiger partial charge in [-0.25, -0.2) is 9.97 Å². The Morgan fingerprint density at radius 1 is 1.28 bits per heavy atom. The molecule has 90 valence electrons. The lowest BCUT2D eigenvalue weighted by atomic mass is 10.2. The fourth-order valence-electron chi connectivity index (χ4n) is 1.74. The Bertz CT molecular complexity index is 707. The van der Waals surface area contributed by atoms with E-state index in [-0.39, 0.29) is 0 Å². The number of nitrogen functional groups attached to an aromatic ring is 1. The van der Waals surface area contributed by atoms with Crippen molar-refractivity contribution in [1.82, 2.24) is 15.0 Å². The molecule has 18 heavy (non-hydrogen) atoms. The summed E-state index contributed by atoms with van der Waals surface area (Å²) in [6.45, 7) is 0. The standard InChI is InChI=1S/C12H10BrN5/c13-10-6-16-12(11(14)18-10)17-8-1-2-9-7(5-8)3-4-15-9/h1-6,15H,(H2,14,18)(H,16,17). The van der Waals surface area contributed by atoms with Crippen LogP contribution in [0.5, 0.6) is 0 Å². The lowest BCUT2D eigenvalue weighted by Gasteiger charge is -2.07. The zero-order valence-corrected chi connectivity index (χ0v) is 10.9. The summed E-state index contributed by atoms with van der Waals surface area (Å²) in [7, 11) is 0. The third kappa shape index (κ3) is 2.02. The van der Waals surface area contributed by atoms with Crippen LogP contribution in [0.3, 0.4) is 0 Å². The lowest BCUT2D eigenvalue weighted by Crippen LogP contribution is -2.01. The molecule has 0 unspecified atom stereocenters. The van der Waals surface area contributed by atoms with Gasteiger partial charge in [0, 0.05) is 22.8 Å². The Hall–Kier alpha value is -2.08. The number of nitrogens with one attached hydrogen (secondary N) is 2. The molecule has 0 aliphatic carbocycles. The smallest absolute Gasteiger partial charge is 0.173 e. The molecule has 2 aromatic heterocycles. The number of hydrogen-bond donors (Lipinski definition) is 3. The summed E-state index contributed by atoms with van der Waals surface area (Å²) in [5, 5.41) is 4.28. The summed E-state index contributed by atoms with van der Waals surface area (Å²) in [6.07, 6.45) is 3.51. The van der Waals surface area contributed by atoms with Gasteiger partial charge in [0.2, 0.25) is 0 Å². The molecule has 0 aliphatic heterocycles. The van der Waals surface area contributed by atoms with E-state index >= 15 is 0 Å². The van der Waals surface area contributed by atoms with Crippen LogP contribution in [-0.4, -0.2) is 15.0 Å². The van der Waals surface area contributed by atoms with E-state index in [0.717, 1.165) is 16.6 Å². The predicted octanol–water partition coefficient (Wildman–Crippen LogP) is 3.05. The Morgan fingerprint density at radius 2 is 2.17 bits per heavy atom. The van der Waals surface area contributed by atoms with Gasteiger partial charge in [-0.05, 0) is 40.2 Å². The highest BCUT2D eigenvalue weighted by molar-refractivity contribution is 9.10. The highest BCUT2D eigenvalue weighted by Gasteiger charge is 2.04. The summed E-state index contributed by atoms with van der Waals surface area (Å²) < 4.78 is 0.617. The molecule has 0 amide bonds. The molecule has 5 nitrogen and oxygen atoms in total. The topological polar surface area (TPSA) is 79.6 Å². The van der Waals surface area contributed by atoms with Crippen molar-refractivity contribution in [3.8, 4) is 0 Å². The first-order valence-electron chi connectivity index (χ1n) is 5.34. The van der Waals surface area contributed by atoms with Crippen LogP contribution in [-0.2, 0) is 0 Å². The minimum absolute atomic E-state index is 0.360. The van der Waals surface area contributed by atoms with Gasteiger partial charge in [0.15, 0.2) is 11.6 Å². The Labute approximate surface area is 112 Å². The number of H-pyrrole nitrogens is 1. The number of anilines is 3. The van der Waals surface area contributed by atoms with E-state index in [1.807, 2.05) is 30.5 Å². The maximum atomic E-state index is 5.79. The Kier molecular flexibility index (Phi) is 2.64. The first-order chi connectivity index (χ1) is 8.72. The van der Waals surface area contributed by atoms with Crippen LogP contribution in [0, 0.1) is 0 Å². The minimum atomic E-state index is 0.360. The van der Waals surface area contributed by atoms with Crippen LogP contribution in [0.15, 0.2) is 41.3 Å². The maximum absolute atomic E-state index is 5.79. The van der Waals surface area contributed by atoms with Crippen LogP contribution >= 0.6 is 15.9 Å². The van der Waals surface area contributed by atoms with Gasteiger partial charge < -0.3 is 16.0 Å². The van der Waals surface area contributed by atoms with Crippen molar-refractivity contribution in [2.75, 3.05) is 11.1 Å². The molecule has 0 bridgehead atoms. The van der Waals surface area contributed by atoms with Gasteiger partial charge >= 0.3 is 0 Å². The summed E-state index contributed by atoms with van der Waals surface area (Å²) >= 11 is 3.22. The van der Waals surface area contributed by atoms with Crippen molar-refractivity contribution in [3.63, 3.8) is 0 Å². The van der Waals surface area contributed by atoms with Crippen LogP contribution in [0.2, 0.25) is 0 Å². The molecule has 3 rings (SSSR count). The highest BCUT2D eigenvalue weighted by Crippen LogP contribution is 2.23. The SMILES string of the molecule is Nc1nc(Br)cnc1Nc1ccc2[nH]ccc2c1. The van der Waals surface area contributed by atoms with E-state index < -0.39 is 0 Å². The molecular weight excluding hydrogens is 294 g/mol. The van der Waals surface area contributed by atoms with Crippen molar-refractivity contribution >= 4 is 44.2 Å². The van der Waals surface area contributed by atoms with Crippen LogP contribution in [0.1, 0.15) is 0 Å². The lowest BCUT2D eigenvalue weighted by molar-refractivity contribution is 1.17. The quantitative estimate of drug-likeness (QED) is 0.680. The zero-order chi connectivity index (χ0) is 12.5. The third-order valence-electron chi connectivity index (χ3n) is 2.59. The monoisotopic (exact) mass is 303 g/mol. The second kappa shape index (κ2) is 4.30. The van der Waals surface area contributed by atoms with Gasteiger partial charge in [0.05, 0.1) is 6.20 Å². The summed E-state index contributed by atoms with van der Waals surface area (Å²) in [5.74, 6) is 0.909. The fraction of sp³-hybridized carbons (Fsp3) is 0. The van der Waals surface area contributed by atoms with E-state index in [0.29, 0.717) is 16.2 Å². The fourth-order valence-corrected chi connectivity index (χ4v) is 2.04. The van der Waals surface area contributed by atoms with Crippen molar-refractivity contribution in [2.45, 2.75) is 0 Å². The summed E-state index contributed by atoms with van der Waals surface area (Å²) in [4.78, 5) is 11.4. The molecule has 2 heterocycles.